The van der Waals surface area contributed by atoms with E-state index in [9.17, 15) is 5.11 Å². The summed E-state index contributed by atoms with van der Waals surface area (Å²) in [6, 6.07) is 6.58. The van der Waals surface area contributed by atoms with Gasteiger partial charge in [-0.15, -0.1) is 0 Å². The van der Waals surface area contributed by atoms with Gasteiger partial charge in [-0.25, -0.2) is 0 Å². The van der Waals surface area contributed by atoms with Crippen molar-refractivity contribution in [3.63, 3.8) is 0 Å². The van der Waals surface area contributed by atoms with Gasteiger partial charge in [-0.3, -0.25) is 0 Å². The van der Waals surface area contributed by atoms with E-state index in [0.29, 0.717) is 6.04 Å². The lowest BCUT2D eigenvalue weighted by Crippen LogP contribution is -2.46. The minimum Gasteiger partial charge on any atom is -0.493 e. The Kier molecular flexibility index (Phi) is 2.83. The molecule has 0 saturated carbocycles. The Morgan fingerprint density at radius 2 is 2.28 bits per heavy atom. The molecule has 1 fully saturated rings. The van der Waals surface area contributed by atoms with E-state index in [2.05, 4.69) is 24.9 Å². The average molecular weight is 247 g/mol. The van der Waals surface area contributed by atoms with Crippen LogP contribution >= 0.6 is 0 Å². The second-order valence-corrected chi connectivity index (χ2v) is 5.71. The van der Waals surface area contributed by atoms with Gasteiger partial charge in [0.25, 0.3) is 0 Å². The van der Waals surface area contributed by atoms with Crippen molar-refractivity contribution in [1.82, 2.24) is 4.90 Å². The third kappa shape index (κ3) is 1.82. The van der Waals surface area contributed by atoms with Crippen molar-refractivity contribution >= 4 is 0 Å². The van der Waals surface area contributed by atoms with Gasteiger partial charge in [0.2, 0.25) is 0 Å². The first kappa shape index (κ1) is 12.0. The monoisotopic (exact) mass is 247 g/mol. The zero-order valence-corrected chi connectivity index (χ0v) is 11.1. The van der Waals surface area contributed by atoms with Crippen molar-refractivity contribution in [3.05, 3.63) is 29.3 Å². The van der Waals surface area contributed by atoms with Crippen molar-refractivity contribution in [2.75, 3.05) is 20.2 Å². The number of hydrogen-bond acceptors (Lipinski definition) is 3. The molecule has 1 aromatic rings. The van der Waals surface area contributed by atoms with E-state index >= 15 is 0 Å². The predicted molar refractivity (Wildman–Crippen MR) is 70.9 cm³/mol. The first-order valence-electron chi connectivity index (χ1n) is 6.78. The molecule has 1 aromatic carbocycles. The molecule has 3 heteroatoms. The Balaban J connectivity index is 1.97. The van der Waals surface area contributed by atoms with Gasteiger partial charge in [0, 0.05) is 24.6 Å². The third-order valence-corrected chi connectivity index (χ3v) is 4.48. The molecule has 2 aliphatic heterocycles. The zero-order chi connectivity index (χ0) is 12.8. The Labute approximate surface area is 108 Å². The van der Waals surface area contributed by atoms with Gasteiger partial charge in [-0.2, -0.15) is 0 Å². The second-order valence-electron chi connectivity index (χ2n) is 5.71. The highest BCUT2D eigenvalue weighted by Gasteiger charge is 2.39. The van der Waals surface area contributed by atoms with E-state index < -0.39 is 5.60 Å². The molecule has 2 unspecified atom stereocenters. The molecule has 2 heterocycles. The molecule has 1 saturated heterocycles. The topological polar surface area (TPSA) is 32.7 Å². The summed E-state index contributed by atoms with van der Waals surface area (Å²) in [5, 5.41) is 11.0. The van der Waals surface area contributed by atoms with Crippen LogP contribution < -0.4 is 4.74 Å². The molecule has 1 N–H and O–H groups in total. The van der Waals surface area contributed by atoms with Crippen LogP contribution in [0.2, 0.25) is 0 Å². The van der Waals surface area contributed by atoms with E-state index in [0.717, 1.165) is 43.7 Å². The standard InChI is InChI=1S/C15H21NO2/c1-11-10-15(17,7-8-16(11)2)13-5-3-4-12-6-9-18-14(12)13/h3-5,11,17H,6-10H2,1-2H3. The molecule has 2 aliphatic rings. The van der Waals surface area contributed by atoms with Gasteiger partial charge in [0.1, 0.15) is 5.75 Å². The quantitative estimate of drug-likeness (QED) is 0.823. The minimum absolute atomic E-state index is 0.404. The lowest BCUT2D eigenvalue weighted by Gasteiger charge is -2.41. The number of nitrogens with zero attached hydrogens (tertiary/aromatic N) is 1. The van der Waals surface area contributed by atoms with Crippen molar-refractivity contribution in [1.29, 1.82) is 0 Å². The molecular weight excluding hydrogens is 226 g/mol. The third-order valence-electron chi connectivity index (χ3n) is 4.48. The van der Waals surface area contributed by atoms with Crippen LogP contribution in [0.15, 0.2) is 18.2 Å². The zero-order valence-electron chi connectivity index (χ0n) is 11.1. The lowest BCUT2D eigenvalue weighted by molar-refractivity contribution is -0.0422. The number of hydrogen-bond donors (Lipinski definition) is 1. The molecule has 18 heavy (non-hydrogen) atoms. The lowest BCUT2D eigenvalue weighted by atomic mass is 9.80. The Morgan fingerprint density at radius 3 is 3.06 bits per heavy atom. The molecular formula is C15H21NO2. The number of rotatable bonds is 1. The molecule has 2 atom stereocenters. The number of piperidine rings is 1. The van der Waals surface area contributed by atoms with Crippen LogP contribution in [0.3, 0.4) is 0 Å². The Bertz CT molecular complexity index is 460. The van der Waals surface area contributed by atoms with Gasteiger partial charge in [-0.1, -0.05) is 18.2 Å². The normalized spacial score (nSPS) is 32.1. The molecule has 98 valence electrons. The fourth-order valence-electron chi connectivity index (χ4n) is 3.15. The summed E-state index contributed by atoms with van der Waals surface area (Å²) in [7, 11) is 2.12. The van der Waals surface area contributed by atoms with Gasteiger partial charge < -0.3 is 14.7 Å². The highest BCUT2D eigenvalue weighted by molar-refractivity contribution is 5.47. The van der Waals surface area contributed by atoms with E-state index in [1.807, 2.05) is 12.1 Å². The summed E-state index contributed by atoms with van der Waals surface area (Å²) >= 11 is 0. The first-order valence-corrected chi connectivity index (χ1v) is 6.78. The summed E-state index contributed by atoms with van der Waals surface area (Å²) in [6.07, 6.45) is 2.53. The summed E-state index contributed by atoms with van der Waals surface area (Å²) in [4.78, 5) is 2.30. The highest BCUT2D eigenvalue weighted by atomic mass is 16.5. The maximum atomic E-state index is 11.0. The van der Waals surface area contributed by atoms with Crippen LogP contribution in [-0.4, -0.2) is 36.2 Å². The van der Waals surface area contributed by atoms with Crippen LogP contribution in [-0.2, 0) is 12.0 Å². The van der Waals surface area contributed by atoms with Crippen LogP contribution in [0, 0.1) is 0 Å². The van der Waals surface area contributed by atoms with Crippen molar-refractivity contribution in [2.24, 2.45) is 0 Å². The molecule has 0 bridgehead atoms. The van der Waals surface area contributed by atoms with Crippen molar-refractivity contribution in [3.8, 4) is 5.75 Å². The van der Waals surface area contributed by atoms with Gasteiger partial charge >= 0.3 is 0 Å². The summed E-state index contributed by atoms with van der Waals surface area (Å²) in [6.45, 7) is 3.85. The fourth-order valence-corrected chi connectivity index (χ4v) is 3.15. The van der Waals surface area contributed by atoms with Gasteiger partial charge in [-0.05, 0) is 32.4 Å². The second kappa shape index (κ2) is 4.25. The van der Waals surface area contributed by atoms with Crippen LogP contribution in [0.1, 0.15) is 30.9 Å². The van der Waals surface area contributed by atoms with Crippen LogP contribution in [0.25, 0.3) is 0 Å². The van der Waals surface area contributed by atoms with E-state index in [1.54, 1.807) is 0 Å². The molecule has 0 amide bonds. The largest absolute Gasteiger partial charge is 0.493 e. The maximum Gasteiger partial charge on any atom is 0.128 e. The summed E-state index contributed by atoms with van der Waals surface area (Å²) in [5.74, 6) is 0.941. The molecule has 0 aliphatic carbocycles. The molecule has 3 nitrogen and oxygen atoms in total. The number of likely N-dealkylation sites (tertiary alicyclic amines) is 1. The number of ether oxygens (including phenoxy) is 1. The van der Waals surface area contributed by atoms with E-state index in [-0.39, 0.29) is 0 Å². The van der Waals surface area contributed by atoms with Crippen molar-refractivity contribution < 1.29 is 9.84 Å². The van der Waals surface area contributed by atoms with E-state index in [1.165, 1.54) is 5.56 Å². The first-order chi connectivity index (χ1) is 8.60. The van der Waals surface area contributed by atoms with Crippen LogP contribution in [0.5, 0.6) is 5.75 Å². The Hall–Kier alpha value is -1.06. The van der Waals surface area contributed by atoms with E-state index in [4.69, 9.17) is 4.74 Å². The Morgan fingerprint density at radius 1 is 1.44 bits per heavy atom. The number of para-hydroxylation sites is 1. The van der Waals surface area contributed by atoms with Crippen LogP contribution in [0.4, 0.5) is 0 Å². The minimum atomic E-state index is -0.721. The molecule has 3 rings (SSSR count). The number of aliphatic hydroxyl groups is 1. The number of fused-ring (bicyclic) bond motifs is 1. The average Bonchev–Trinajstić information content (AvgIpc) is 2.82. The predicted octanol–water partition coefficient (Wildman–Crippen LogP) is 1.92. The fraction of sp³-hybridized carbons (Fsp3) is 0.600. The van der Waals surface area contributed by atoms with Gasteiger partial charge in [0.15, 0.2) is 0 Å². The molecule has 0 aromatic heterocycles. The van der Waals surface area contributed by atoms with Gasteiger partial charge in [0.05, 0.1) is 12.2 Å². The number of benzene rings is 1. The molecule has 0 spiro atoms. The SMILES string of the molecule is CC1CC(O)(c2cccc3c2OCC3)CCN1C. The maximum absolute atomic E-state index is 11.0. The smallest absolute Gasteiger partial charge is 0.128 e. The van der Waals surface area contributed by atoms with Crippen molar-refractivity contribution in [2.45, 2.75) is 37.8 Å². The highest BCUT2D eigenvalue weighted by Crippen LogP contribution is 2.42. The molecule has 0 radical (unpaired) electrons. The summed E-state index contributed by atoms with van der Waals surface area (Å²) in [5.41, 5.74) is 1.52. The summed E-state index contributed by atoms with van der Waals surface area (Å²) < 4.78 is 5.74.